The lowest BCUT2D eigenvalue weighted by Crippen LogP contribution is -2.07. The van der Waals surface area contributed by atoms with Gasteiger partial charge in [0.1, 0.15) is 10.7 Å². The average Bonchev–Trinajstić information content (AvgIpc) is 2.82. The SMILES string of the molecule is COc1c(S(C)(=O)=O)ccc(C(=O)c2cnoc2C)c1Cl. The van der Waals surface area contributed by atoms with Gasteiger partial charge in [0.15, 0.2) is 21.4 Å². The number of hydrogen-bond donors (Lipinski definition) is 0. The molecule has 21 heavy (non-hydrogen) atoms. The predicted molar refractivity (Wildman–Crippen MR) is 75.8 cm³/mol. The van der Waals surface area contributed by atoms with E-state index in [2.05, 4.69) is 5.16 Å². The second-order valence-corrected chi connectivity index (χ2v) is 6.72. The molecule has 0 spiro atoms. The first kappa shape index (κ1) is 15.5. The normalized spacial score (nSPS) is 11.4. The van der Waals surface area contributed by atoms with Crippen molar-refractivity contribution in [3.63, 3.8) is 0 Å². The summed E-state index contributed by atoms with van der Waals surface area (Å²) in [4.78, 5) is 12.3. The fraction of sp³-hybridized carbons (Fsp3) is 0.231. The van der Waals surface area contributed by atoms with E-state index in [1.807, 2.05) is 0 Å². The molecule has 1 aromatic heterocycles. The second-order valence-electron chi connectivity index (χ2n) is 4.36. The summed E-state index contributed by atoms with van der Waals surface area (Å²) >= 11 is 6.12. The number of halogens is 1. The maximum atomic E-state index is 12.4. The summed E-state index contributed by atoms with van der Waals surface area (Å²) in [6.45, 7) is 1.59. The van der Waals surface area contributed by atoms with Crippen LogP contribution in [0.1, 0.15) is 21.7 Å². The van der Waals surface area contributed by atoms with E-state index >= 15 is 0 Å². The summed E-state index contributed by atoms with van der Waals surface area (Å²) in [5, 5.41) is 3.47. The summed E-state index contributed by atoms with van der Waals surface area (Å²) in [7, 11) is -2.24. The van der Waals surface area contributed by atoms with Gasteiger partial charge in [0.2, 0.25) is 0 Å². The molecule has 2 rings (SSSR count). The fourth-order valence-electron chi connectivity index (χ4n) is 1.86. The van der Waals surface area contributed by atoms with E-state index < -0.39 is 15.6 Å². The molecule has 0 aliphatic carbocycles. The number of ether oxygens (including phenoxy) is 1. The van der Waals surface area contributed by atoms with E-state index in [4.69, 9.17) is 20.9 Å². The molecule has 0 radical (unpaired) electrons. The van der Waals surface area contributed by atoms with Crippen LogP contribution >= 0.6 is 11.6 Å². The topological polar surface area (TPSA) is 86.5 Å². The third-order valence-electron chi connectivity index (χ3n) is 2.90. The number of aryl methyl sites for hydroxylation is 1. The van der Waals surface area contributed by atoms with Crippen LogP contribution in [0.15, 0.2) is 27.7 Å². The van der Waals surface area contributed by atoms with Crippen molar-refractivity contribution in [3.05, 3.63) is 40.2 Å². The summed E-state index contributed by atoms with van der Waals surface area (Å²) in [5.41, 5.74) is 0.373. The monoisotopic (exact) mass is 329 g/mol. The van der Waals surface area contributed by atoms with Crippen LogP contribution in [-0.4, -0.2) is 32.7 Å². The van der Waals surface area contributed by atoms with E-state index in [0.717, 1.165) is 6.26 Å². The van der Waals surface area contributed by atoms with Crippen molar-refractivity contribution in [3.8, 4) is 5.75 Å². The van der Waals surface area contributed by atoms with Crippen LogP contribution in [-0.2, 0) is 9.84 Å². The lowest BCUT2D eigenvalue weighted by atomic mass is 10.0. The zero-order chi connectivity index (χ0) is 15.8. The van der Waals surface area contributed by atoms with Gasteiger partial charge in [0.25, 0.3) is 0 Å². The molecule has 0 bridgehead atoms. The molecule has 2 aromatic rings. The lowest BCUT2D eigenvalue weighted by Gasteiger charge is -2.11. The van der Waals surface area contributed by atoms with Crippen LogP contribution in [0.4, 0.5) is 0 Å². The Labute approximate surface area is 126 Å². The third kappa shape index (κ3) is 2.79. The highest BCUT2D eigenvalue weighted by Gasteiger charge is 2.24. The van der Waals surface area contributed by atoms with Gasteiger partial charge in [0, 0.05) is 11.8 Å². The number of carbonyl (C=O) groups excluding carboxylic acids is 1. The van der Waals surface area contributed by atoms with Gasteiger partial charge in [-0.05, 0) is 19.1 Å². The Hall–Kier alpha value is -1.86. The Bertz CT molecular complexity index is 810. The number of aromatic nitrogens is 1. The number of methoxy groups -OCH3 is 1. The van der Waals surface area contributed by atoms with E-state index in [1.54, 1.807) is 6.92 Å². The Morgan fingerprint density at radius 2 is 2.00 bits per heavy atom. The molecule has 0 saturated carbocycles. The van der Waals surface area contributed by atoms with Crippen LogP contribution in [0, 0.1) is 6.92 Å². The molecule has 0 atom stereocenters. The minimum atomic E-state index is -3.52. The molecule has 8 heteroatoms. The van der Waals surface area contributed by atoms with Crippen LogP contribution in [0.3, 0.4) is 0 Å². The highest BCUT2D eigenvalue weighted by Crippen LogP contribution is 2.36. The highest BCUT2D eigenvalue weighted by atomic mass is 35.5. The number of hydrogen-bond acceptors (Lipinski definition) is 6. The van der Waals surface area contributed by atoms with E-state index in [0.29, 0.717) is 5.76 Å². The summed E-state index contributed by atoms with van der Waals surface area (Å²) in [5.74, 6) is -0.126. The number of nitrogens with zero attached hydrogens (tertiary/aromatic N) is 1. The molecule has 0 saturated heterocycles. The molecule has 1 heterocycles. The van der Waals surface area contributed by atoms with Crippen molar-refractivity contribution < 1.29 is 22.5 Å². The Balaban J connectivity index is 2.63. The van der Waals surface area contributed by atoms with E-state index in [9.17, 15) is 13.2 Å². The average molecular weight is 330 g/mol. The minimum absolute atomic E-state index is 0.0564. The second kappa shape index (κ2) is 5.50. The van der Waals surface area contributed by atoms with E-state index in [1.165, 1.54) is 25.4 Å². The van der Waals surface area contributed by atoms with Crippen molar-refractivity contribution in [1.82, 2.24) is 5.16 Å². The summed E-state index contributed by atoms with van der Waals surface area (Å²) < 4.78 is 33.2. The van der Waals surface area contributed by atoms with Crippen LogP contribution in [0.2, 0.25) is 5.02 Å². The molecule has 0 aliphatic heterocycles. The third-order valence-corrected chi connectivity index (χ3v) is 4.40. The van der Waals surface area contributed by atoms with Gasteiger partial charge < -0.3 is 9.26 Å². The Morgan fingerprint density at radius 3 is 2.48 bits per heavy atom. The summed E-state index contributed by atoms with van der Waals surface area (Å²) in [6, 6.07) is 2.63. The van der Waals surface area contributed by atoms with E-state index in [-0.39, 0.29) is 26.8 Å². The highest BCUT2D eigenvalue weighted by molar-refractivity contribution is 7.90. The van der Waals surface area contributed by atoms with Gasteiger partial charge >= 0.3 is 0 Å². The molecular formula is C13H12ClNO5S. The number of sulfone groups is 1. The summed E-state index contributed by atoms with van der Waals surface area (Å²) in [6.07, 6.45) is 2.32. The van der Waals surface area contributed by atoms with Gasteiger partial charge in [-0.15, -0.1) is 0 Å². The predicted octanol–water partition coefficient (Wildman–Crippen LogP) is 2.28. The van der Waals surface area contributed by atoms with Crippen molar-refractivity contribution in [2.24, 2.45) is 0 Å². The maximum Gasteiger partial charge on any atom is 0.199 e. The number of ketones is 1. The van der Waals surface area contributed by atoms with Gasteiger partial charge in [-0.1, -0.05) is 16.8 Å². The number of benzene rings is 1. The first-order valence-electron chi connectivity index (χ1n) is 5.80. The van der Waals surface area contributed by atoms with Gasteiger partial charge in [-0.3, -0.25) is 4.79 Å². The molecular weight excluding hydrogens is 318 g/mol. The molecule has 1 aromatic carbocycles. The standard InChI is InChI=1S/C13H12ClNO5S/c1-7-9(6-15-20-7)12(16)8-4-5-10(21(3,17)18)13(19-2)11(8)14/h4-6H,1-3H3. The number of rotatable bonds is 4. The largest absolute Gasteiger partial charge is 0.494 e. The Morgan fingerprint density at radius 1 is 1.33 bits per heavy atom. The zero-order valence-corrected chi connectivity index (χ0v) is 13.1. The zero-order valence-electron chi connectivity index (χ0n) is 11.5. The van der Waals surface area contributed by atoms with Gasteiger partial charge in [-0.2, -0.15) is 0 Å². The van der Waals surface area contributed by atoms with Crippen molar-refractivity contribution in [2.75, 3.05) is 13.4 Å². The molecule has 0 amide bonds. The molecule has 0 aliphatic rings. The molecule has 0 unspecified atom stereocenters. The molecule has 6 nitrogen and oxygen atoms in total. The van der Waals surface area contributed by atoms with Crippen LogP contribution < -0.4 is 4.74 Å². The van der Waals surface area contributed by atoms with Crippen LogP contribution in [0.25, 0.3) is 0 Å². The van der Waals surface area contributed by atoms with Crippen LogP contribution in [0.5, 0.6) is 5.75 Å². The lowest BCUT2D eigenvalue weighted by molar-refractivity contribution is 0.103. The first-order valence-corrected chi connectivity index (χ1v) is 8.06. The van der Waals surface area contributed by atoms with Crippen molar-refractivity contribution in [2.45, 2.75) is 11.8 Å². The van der Waals surface area contributed by atoms with Gasteiger partial charge in [-0.25, -0.2) is 8.42 Å². The Kier molecular flexibility index (Phi) is 4.06. The number of carbonyl (C=O) groups is 1. The molecule has 112 valence electrons. The minimum Gasteiger partial charge on any atom is -0.494 e. The van der Waals surface area contributed by atoms with Crippen molar-refractivity contribution >= 4 is 27.2 Å². The van der Waals surface area contributed by atoms with Gasteiger partial charge in [0.05, 0.1) is 23.9 Å². The smallest absolute Gasteiger partial charge is 0.199 e. The fourth-order valence-corrected chi connectivity index (χ4v) is 3.08. The maximum absolute atomic E-state index is 12.4. The first-order chi connectivity index (χ1) is 9.77. The quantitative estimate of drug-likeness (QED) is 0.800. The van der Waals surface area contributed by atoms with Crippen molar-refractivity contribution in [1.29, 1.82) is 0 Å². The molecule has 0 fully saturated rings. The molecule has 0 N–H and O–H groups in total.